The SMILES string of the molecule is CC#CCC(NCC)c1snnc1C(C)(C)C. The number of nitrogens with zero attached hydrogens (tertiary/aromatic N) is 2. The fourth-order valence-electron chi connectivity index (χ4n) is 1.65. The molecule has 0 aliphatic rings. The van der Waals surface area contributed by atoms with Crippen molar-refractivity contribution < 1.29 is 0 Å². The van der Waals surface area contributed by atoms with Crippen molar-refractivity contribution in [2.24, 2.45) is 0 Å². The van der Waals surface area contributed by atoms with Crippen LogP contribution in [-0.4, -0.2) is 16.1 Å². The van der Waals surface area contributed by atoms with Crippen LogP contribution in [0.5, 0.6) is 0 Å². The van der Waals surface area contributed by atoms with Gasteiger partial charge in [0.05, 0.1) is 16.6 Å². The molecule has 1 unspecified atom stereocenters. The van der Waals surface area contributed by atoms with E-state index in [1.807, 2.05) is 6.92 Å². The molecule has 4 heteroatoms. The first-order chi connectivity index (χ1) is 8.00. The lowest BCUT2D eigenvalue weighted by Crippen LogP contribution is -2.24. The van der Waals surface area contributed by atoms with Crippen molar-refractivity contribution in [3.05, 3.63) is 10.6 Å². The highest BCUT2D eigenvalue weighted by Gasteiger charge is 2.26. The van der Waals surface area contributed by atoms with Crippen molar-refractivity contribution >= 4 is 11.5 Å². The molecule has 0 amide bonds. The fourth-order valence-corrected chi connectivity index (χ4v) is 2.59. The van der Waals surface area contributed by atoms with Gasteiger partial charge in [-0.25, -0.2) is 0 Å². The van der Waals surface area contributed by atoms with Crippen molar-refractivity contribution in [1.82, 2.24) is 14.9 Å². The lowest BCUT2D eigenvalue weighted by molar-refractivity contribution is 0.522. The molecular formula is C13H21N3S. The van der Waals surface area contributed by atoms with E-state index < -0.39 is 0 Å². The molecule has 0 saturated carbocycles. The summed E-state index contributed by atoms with van der Waals surface area (Å²) in [5.74, 6) is 6.09. The zero-order valence-electron chi connectivity index (χ0n) is 11.3. The Morgan fingerprint density at radius 2 is 2.12 bits per heavy atom. The molecule has 0 aromatic carbocycles. The number of hydrogen-bond acceptors (Lipinski definition) is 4. The van der Waals surface area contributed by atoms with Crippen LogP contribution in [0.3, 0.4) is 0 Å². The van der Waals surface area contributed by atoms with Gasteiger partial charge in [0.25, 0.3) is 0 Å². The van der Waals surface area contributed by atoms with Crippen molar-refractivity contribution in [1.29, 1.82) is 0 Å². The number of hydrogen-bond donors (Lipinski definition) is 1. The molecule has 94 valence electrons. The molecule has 17 heavy (non-hydrogen) atoms. The lowest BCUT2D eigenvalue weighted by atomic mass is 9.89. The molecule has 0 spiro atoms. The van der Waals surface area contributed by atoms with Gasteiger partial charge in [-0.1, -0.05) is 32.2 Å². The van der Waals surface area contributed by atoms with E-state index in [2.05, 4.69) is 54.4 Å². The first kappa shape index (κ1) is 14.1. The fraction of sp³-hybridized carbons (Fsp3) is 0.692. The minimum absolute atomic E-state index is 0.0373. The smallest absolute Gasteiger partial charge is 0.0857 e. The second-order valence-corrected chi connectivity index (χ2v) is 5.76. The zero-order chi connectivity index (χ0) is 12.9. The lowest BCUT2D eigenvalue weighted by Gasteiger charge is -2.21. The van der Waals surface area contributed by atoms with E-state index in [1.165, 1.54) is 16.4 Å². The van der Waals surface area contributed by atoms with Gasteiger partial charge >= 0.3 is 0 Å². The average Bonchev–Trinajstić information content (AvgIpc) is 2.72. The molecule has 0 saturated heterocycles. The Hall–Kier alpha value is -0.920. The van der Waals surface area contributed by atoms with E-state index in [9.17, 15) is 0 Å². The first-order valence-corrected chi connectivity index (χ1v) is 6.73. The van der Waals surface area contributed by atoms with Crippen LogP contribution in [0.15, 0.2) is 0 Å². The molecule has 1 aromatic heterocycles. The second kappa shape index (κ2) is 6.13. The van der Waals surface area contributed by atoms with Gasteiger partial charge < -0.3 is 5.32 Å². The molecule has 1 rings (SSSR count). The second-order valence-electron chi connectivity index (χ2n) is 4.98. The Kier molecular flexibility index (Phi) is 5.10. The Balaban J connectivity index is 3.00. The maximum absolute atomic E-state index is 4.28. The largest absolute Gasteiger partial charge is 0.309 e. The molecule has 0 aliphatic carbocycles. The highest BCUT2D eigenvalue weighted by Crippen LogP contribution is 2.31. The summed E-state index contributed by atoms with van der Waals surface area (Å²) < 4.78 is 4.10. The van der Waals surface area contributed by atoms with Crippen LogP contribution in [0.1, 0.15) is 57.7 Å². The van der Waals surface area contributed by atoms with Crippen LogP contribution in [0.25, 0.3) is 0 Å². The van der Waals surface area contributed by atoms with Crippen LogP contribution >= 0.6 is 11.5 Å². The topological polar surface area (TPSA) is 37.8 Å². The van der Waals surface area contributed by atoms with E-state index in [1.54, 1.807) is 0 Å². The molecule has 0 radical (unpaired) electrons. The Morgan fingerprint density at radius 1 is 1.41 bits per heavy atom. The molecule has 1 heterocycles. The normalized spacial score (nSPS) is 13.0. The van der Waals surface area contributed by atoms with Gasteiger partial charge in [-0.05, 0) is 25.0 Å². The number of nitrogens with one attached hydrogen (secondary N) is 1. The van der Waals surface area contributed by atoms with Crippen LogP contribution < -0.4 is 5.32 Å². The molecular weight excluding hydrogens is 230 g/mol. The van der Waals surface area contributed by atoms with Crippen LogP contribution in [0.2, 0.25) is 0 Å². The van der Waals surface area contributed by atoms with Crippen molar-refractivity contribution in [3.63, 3.8) is 0 Å². The Bertz CT molecular complexity index is 406. The van der Waals surface area contributed by atoms with Gasteiger partial charge in [0.1, 0.15) is 0 Å². The third-order valence-corrected chi connectivity index (χ3v) is 3.31. The summed E-state index contributed by atoms with van der Waals surface area (Å²) in [5.41, 5.74) is 1.13. The molecule has 0 fully saturated rings. The minimum Gasteiger partial charge on any atom is -0.309 e. The summed E-state index contributed by atoms with van der Waals surface area (Å²) in [6.07, 6.45) is 0.817. The molecule has 1 aromatic rings. The van der Waals surface area contributed by atoms with E-state index in [-0.39, 0.29) is 11.5 Å². The minimum atomic E-state index is 0.0373. The van der Waals surface area contributed by atoms with Crippen LogP contribution in [0, 0.1) is 11.8 Å². The Morgan fingerprint density at radius 3 is 2.65 bits per heavy atom. The quantitative estimate of drug-likeness (QED) is 0.836. The van der Waals surface area contributed by atoms with E-state index in [0.717, 1.165) is 18.7 Å². The van der Waals surface area contributed by atoms with Crippen molar-refractivity contribution in [2.45, 2.75) is 52.5 Å². The zero-order valence-corrected chi connectivity index (χ0v) is 12.1. The molecule has 1 atom stereocenters. The van der Waals surface area contributed by atoms with Gasteiger partial charge in [0.2, 0.25) is 0 Å². The van der Waals surface area contributed by atoms with Gasteiger partial charge in [-0.3, -0.25) is 0 Å². The summed E-state index contributed by atoms with van der Waals surface area (Å²) in [6.45, 7) is 11.4. The van der Waals surface area contributed by atoms with E-state index >= 15 is 0 Å². The molecule has 0 aliphatic heterocycles. The number of aromatic nitrogens is 2. The predicted octanol–water partition coefficient (Wildman–Crippen LogP) is 2.90. The molecule has 1 N–H and O–H groups in total. The first-order valence-electron chi connectivity index (χ1n) is 5.96. The molecule has 0 bridgehead atoms. The van der Waals surface area contributed by atoms with Crippen LogP contribution in [-0.2, 0) is 5.41 Å². The maximum Gasteiger partial charge on any atom is 0.0857 e. The average molecular weight is 251 g/mol. The maximum atomic E-state index is 4.28. The third kappa shape index (κ3) is 3.79. The summed E-state index contributed by atoms with van der Waals surface area (Å²) in [5, 5.41) is 7.74. The summed E-state index contributed by atoms with van der Waals surface area (Å²) >= 11 is 1.48. The number of rotatable bonds is 4. The summed E-state index contributed by atoms with van der Waals surface area (Å²) in [6, 6.07) is 0.252. The predicted molar refractivity (Wildman–Crippen MR) is 73.1 cm³/mol. The van der Waals surface area contributed by atoms with Crippen molar-refractivity contribution in [2.75, 3.05) is 6.54 Å². The summed E-state index contributed by atoms with van der Waals surface area (Å²) in [4.78, 5) is 1.22. The summed E-state index contributed by atoms with van der Waals surface area (Å²) in [7, 11) is 0. The van der Waals surface area contributed by atoms with E-state index in [4.69, 9.17) is 0 Å². The standard InChI is InChI=1S/C13H21N3S/c1-6-8-9-10(14-7-2)11-12(13(3,4)5)15-16-17-11/h10,14H,7,9H2,1-5H3. The highest BCUT2D eigenvalue weighted by molar-refractivity contribution is 7.05. The van der Waals surface area contributed by atoms with E-state index in [0.29, 0.717) is 0 Å². The van der Waals surface area contributed by atoms with Crippen LogP contribution in [0.4, 0.5) is 0 Å². The third-order valence-electron chi connectivity index (χ3n) is 2.47. The highest BCUT2D eigenvalue weighted by atomic mass is 32.1. The van der Waals surface area contributed by atoms with Crippen molar-refractivity contribution in [3.8, 4) is 11.8 Å². The Labute approximate surface area is 108 Å². The van der Waals surface area contributed by atoms with Gasteiger partial charge in [0, 0.05) is 11.8 Å². The van der Waals surface area contributed by atoms with Gasteiger partial charge in [-0.2, -0.15) is 0 Å². The van der Waals surface area contributed by atoms with Gasteiger partial charge in [-0.15, -0.1) is 16.9 Å². The monoisotopic (exact) mass is 251 g/mol. The molecule has 3 nitrogen and oxygen atoms in total. The van der Waals surface area contributed by atoms with Gasteiger partial charge in [0.15, 0.2) is 0 Å².